The minimum Gasteiger partial charge on any atom is -0.382 e. The number of nitrogens with one attached hydrogen (secondary N) is 1. The highest BCUT2D eigenvalue weighted by atomic mass is 16.5. The van der Waals surface area contributed by atoms with Gasteiger partial charge in [0.15, 0.2) is 5.82 Å². The summed E-state index contributed by atoms with van der Waals surface area (Å²) in [5, 5.41) is 6.84. The predicted octanol–water partition coefficient (Wildman–Crippen LogP) is 1.49. The number of rotatable bonds is 7. The number of piperidine rings is 1. The summed E-state index contributed by atoms with van der Waals surface area (Å²) in [4.78, 5) is 18.3. The van der Waals surface area contributed by atoms with E-state index in [-0.39, 0.29) is 18.7 Å². The van der Waals surface area contributed by atoms with Crippen molar-refractivity contribution in [2.75, 3.05) is 33.4 Å². The van der Waals surface area contributed by atoms with Crippen molar-refractivity contribution in [3.63, 3.8) is 0 Å². The lowest BCUT2D eigenvalue weighted by Gasteiger charge is -2.33. The van der Waals surface area contributed by atoms with E-state index in [9.17, 15) is 4.79 Å². The lowest BCUT2D eigenvalue weighted by Crippen LogP contribution is -2.44. The maximum atomic E-state index is 12.1. The summed E-state index contributed by atoms with van der Waals surface area (Å²) in [6.07, 6.45) is 2.90. The second-order valence-corrected chi connectivity index (χ2v) is 5.13. The molecule has 2 amide bonds. The molecule has 1 aliphatic rings. The van der Waals surface area contributed by atoms with Gasteiger partial charge in [-0.15, -0.1) is 0 Å². The van der Waals surface area contributed by atoms with Crippen LogP contribution in [0.25, 0.3) is 0 Å². The van der Waals surface area contributed by atoms with Gasteiger partial charge in [-0.3, -0.25) is 0 Å². The van der Waals surface area contributed by atoms with Crippen LogP contribution in [0.15, 0.2) is 4.52 Å². The number of urea groups is 1. The van der Waals surface area contributed by atoms with Gasteiger partial charge in [-0.1, -0.05) is 5.16 Å². The number of ether oxygens (including phenoxy) is 2. The van der Waals surface area contributed by atoms with Crippen LogP contribution in [-0.4, -0.2) is 54.5 Å². The van der Waals surface area contributed by atoms with Gasteiger partial charge in [-0.2, -0.15) is 4.98 Å². The van der Waals surface area contributed by atoms with Crippen molar-refractivity contribution < 1.29 is 18.8 Å². The fourth-order valence-corrected chi connectivity index (χ4v) is 2.46. The lowest BCUT2D eigenvalue weighted by atomic mass is 10.0. The molecule has 8 nitrogen and oxygen atoms in total. The first kappa shape index (κ1) is 16.7. The molecule has 8 heteroatoms. The van der Waals surface area contributed by atoms with Crippen molar-refractivity contribution >= 4 is 6.03 Å². The molecule has 124 valence electrons. The Morgan fingerprint density at radius 2 is 2.32 bits per heavy atom. The topological polar surface area (TPSA) is 89.7 Å². The number of carbonyl (C=O) groups is 1. The van der Waals surface area contributed by atoms with Crippen LogP contribution < -0.4 is 5.32 Å². The van der Waals surface area contributed by atoms with Crippen molar-refractivity contribution in [2.24, 2.45) is 0 Å². The van der Waals surface area contributed by atoms with Gasteiger partial charge in [0, 0.05) is 20.2 Å². The highest BCUT2D eigenvalue weighted by molar-refractivity contribution is 5.74. The number of nitrogens with zero attached hydrogens (tertiary/aromatic N) is 3. The number of carbonyl (C=O) groups excluding carboxylic acids is 1. The first-order chi connectivity index (χ1) is 10.8. The second kappa shape index (κ2) is 8.70. The van der Waals surface area contributed by atoms with Gasteiger partial charge >= 0.3 is 6.03 Å². The summed E-state index contributed by atoms with van der Waals surface area (Å²) >= 11 is 0. The minimum absolute atomic E-state index is 0.0742. The first-order valence-electron chi connectivity index (χ1n) is 7.70. The monoisotopic (exact) mass is 312 g/mol. The van der Waals surface area contributed by atoms with Crippen LogP contribution in [0.3, 0.4) is 0 Å². The number of likely N-dealkylation sites (tertiary alicyclic amines) is 1. The predicted molar refractivity (Wildman–Crippen MR) is 78.2 cm³/mol. The Bertz CT molecular complexity index is 465. The Labute approximate surface area is 130 Å². The van der Waals surface area contributed by atoms with E-state index < -0.39 is 0 Å². The average Bonchev–Trinajstić information content (AvgIpc) is 3.00. The van der Waals surface area contributed by atoms with Gasteiger partial charge in [0.2, 0.25) is 0 Å². The average molecular weight is 312 g/mol. The molecule has 22 heavy (non-hydrogen) atoms. The summed E-state index contributed by atoms with van der Waals surface area (Å²) in [7, 11) is 1.62. The molecule has 1 aromatic rings. The third-order valence-corrected chi connectivity index (χ3v) is 3.53. The molecule has 1 aromatic heterocycles. The van der Waals surface area contributed by atoms with Crippen LogP contribution in [0.5, 0.6) is 0 Å². The first-order valence-corrected chi connectivity index (χ1v) is 7.70. The molecule has 1 N–H and O–H groups in total. The Kier molecular flexibility index (Phi) is 6.60. The summed E-state index contributed by atoms with van der Waals surface area (Å²) < 4.78 is 15.5. The zero-order valence-electron chi connectivity index (χ0n) is 13.2. The molecular formula is C14H24N4O4. The van der Waals surface area contributed by atoms with Crippen LogP contribution in [-0.2, 0) is 16.1 Å². The molecule has 1 unspecified atom stereocenters. The number of hydrogen-bond acceptors (Lipinski definition) is 6. The van der Waals surface area contributed by atoms with E-state index in [1.807, 2.05) is 6.92 Å². The normalized spacial score (nSPS) is 18.5. The van der Waals surface area contributed by atoms with Gasteiger partial charge in [-0.05, 0) is 26.2 Å². The zero-order chi connectivity index (χ0) is 15.8. The molecule has 0 radical (unpaired) electrons. The fraction of sp³-hybridized carbons (Fsp3) is 0.786. The largest absolute Gasteiger partial charge is 0.382 e. The van der Waals surface area contributed by atoms with Gasteiger partial charge in [0.05, 0.1) is 19.3 Å². The SMILES string of the molecule is CCNC(=O)N1CCCCC1c1noc(COCCOC)n1. The number of hydrogen-bond donors (Lipinski definition) is 1. The van der Waals surface area contributed by atoms with E-state index in [0.29, 0.717) is 38.0 Å². The molecule has 1 fully saturated rings. The molecule has 0 aliphatic carbocycles. The van der Waals surface area contributed by atoms with Crippen molar-refractivity contribution in [1.29, 1.82) is 0 Å². The van der Waals surface area contributed by atoms with Crippen molar-refractivity contribution in [3.05, 3.63) is 11.7 Å². The summed E-state index contributed by atoms with van der Waals surface area (Å²) in [6.45, 7) is 4.47. The van der Waals surface area contributed by atoms with Gasteiger partial charge in [0.25, 0.3) is 5.89 Å². The van der Waals surface area contributed by atoms with Crippen LogP contribution in [0, 0.1) is 0 Å². The van der Waals surface area contributed by atoms with Crippen molar-refractivity contribution in [1.82, 2.24) is 20.4 Å². The van der Waals surface area contributed by atoms with Crippen molar-refractivity contribution in [3.8, 4) is 0 Å². The molecular weight excluding hydrogens is 288 g/mol. The summed E-state index contributed by atoms with van der Waals surface area (Å²) in [6, 6.07) is -0.202. The molecule has 1 saturated heterocycles. The minimum atomic E-state index is -0.128. The molecule has 2 rings (SSSR count). The van der Waals surface area contributed by atoms with E-state index >= 15 is 0 Å². The second-order valence-electron chi connectivity index (χ2n) is 5.13. The number of amides is 2. The molecule has 1 atom stereocenters. The molecule has 2 heterocycles. The van der Waals surface area contributed by atoms with Gasteiger partial charge in [-0.25, -0.2) is 4.79 Å². The molecule has 0 aromatic carbocycles. The van der Waals surface area contributed by atoms with Gasteiger partial charge in [0.1, 0.15) is 6.61 Å². The Morgan fingerprint density at radius 1 is 1.45 bits per heavy atom. The molecule has 0 saturated carbocycles. The highest BCUT2D eigenvalue weighted by Crippen LogP contribution is 2.29. The third-order valence-electron chi connectivity index (χ3n) is 3.53. The fourth-order valence-electron chi connectivity index (χ4n) is 2.46. The van der Waals surface area contributed by atoms with E-state index in [1.54, 1.807) is 12.0 Å². The van der Waals surface area contributed by atoms with Gasteiger partial charge < -0.3 is 24.2 Å². The van der Waals surface area contributed by atoms with Crippen LogP contribution in [0.4, 0.5) is 4.79 Å². The van der Waals surface area contributed by atoms with E-state index in [2.05, 4.69) is 15.5 Å². The third kappa shape index (κ3) is 4.41. The summed E-state index contributed by atoms with van der Waals surface area (Å²) in [5.74, 6) is 0.976. The standard InChI is InChI=1S/C14H24N4O4/c1-3-15-14(19)18-7-5-4-6-11(18)13-16-12(22-17-13)10-21-9-8-20-2/h11H,3-10H2,1-2H3,(H,15,19). The van der Waals surface area contributed by atoms with Crippen LogP contribution in [0.2, 0.25) is 0 Å². The molecule has 0 spiro atoms. The number of aromatic nitrogens is 2. The van der Waals surface area contributed by atoms with Crippen LogP contribution in [0.1, 0.15) is 43.9 Å². The summed E-state index contributed by atoms with van der Waals surface area (Å²) in [5.41, 5.74) is 0. The smallest absolute Gasteiger partial charge is 0.318 e. The molecule has 0 bridgehead atoms. The maximum absolute atomic E-state index is 12.1. The quantitative estimate of drug-likeness (QED) is 0.767. The highest BCUT2D eigenvalue weighted by Gasteiger charge is 2.31. The maximum Gasteiger partial charge on any atom is 0.318 e. The number of methoxy groups -OCH3 is 1. The van der Waals surface area contributed by atoms with E-state index in [1.165, 1.54) is 0 Å². The molecule has 1 aliphatic heterocycles. The zero-order valence-corrected chi connectivity index (χ0v) is 13.2. The Hall–Kier alpha value is -1.67. The Morgan fingerprint density at radius 3 is 3.09 bits per heavy atom. The van der Waals surface area contributed by atoms with E-state index in [4.69, 9.17) is 14.0 Å². The van der Waals surface area contributed by atoms with Crippen LogP contribution >= 0.6 is 0 Å². The van der Waals surface area contributed by atoms with E-state index in [0.717, 1.165) is 19.3 Å². The lowest BCUT2D eigenvalue weighted by molar-refractivity contribution is 0.0494. The Balaban J connectivity index is 1.96. The van der Waals surface area contributed by atoms with Crippen molar-refractivity contribution in [2.45, 2.75) is 38.8 Å².